The van der Waals surface area contributed by atoms with Crippen LogP contribution in [0.4, 0.5) is 0 Å². The van der Waals surface area contributed by atoms with E-state index >= 15 is 0 Å². The maximum atomic E-state index is 12.8. The Morgan fingerprint density at radius 3 is 2.40 bits per heavy atom. The topological polar surface area (TPSA) is 42.9 Å². The maximum Gasteiger partial charge on any atom is 0.137 e. The first-order valence-electron chi connectivity index (χ1n) is 10.7. The van der Waals surface area contributed by atoms with E-state index in [2.05, 4.69) is 46.4 Å². The van der Waals surface area contributed by atoms with E-state index in [0.717, 1.165) is 41.6 Å². The monoisotopic (exact) mass is 418 g/mol. The number of aromatic nitrogens is 2. The number of hydrogen-bond donors (Lipinski definition) is 0. The van der Waals surface area contributed by atoms with Crippen LogP contribution in [0.3, 0.4) is 0 Å². The molecule has 0 saturated heterocycles. The van der Waals surface area contributed by atoms with Gasteiger partial charge in [-0.2, -0.15) is 0 Å². The fourth-order valence-corrected chi connectivity index (χ4v) is 4.88. The number of hydrogen-bond acceptors (Lipinski definition) is 3. The van der Waals surface area contributed by atoms with Crippen molar-refractivity contribution in [2.24, 2.45) is 0 Å². The lowest BCUT2D eigenvalue weighted by molar-refractivity contribution is -0.118. The summed E-state index contributed by atoms with van der Waals surface area (Å²) >= 11 is 6.14. The molecule has 2 aromatic heterocycles. The highest BCUT2D eigenvalue weighted by molar-refractivity contribution is 6.29. The van der Waals surface area contributed by atoms with Crippen molar-refractivity contribution in [3.8, 4) is 11.1 Å². The van der Waals surface area contributed by atoms with Crippen molar-refractivity contribution in [3.05, 3.63) is 82.9 Å². The molecule has 1 fully saturated rings. The molecular weight excluding hydrogens is 392 g/mol. The van der Waals surface area contributed by atoms with Crippen LogP contribution in [0.1, 0.15) is 55.3 Å². The van der Waals surface area contributed by atoms with Crippen molar-refractivity contribution in [2.75, 3.05) is 0 Å². The molecule has 0 radical (unpaired) electrons. The zero-order chi connectivity index (χ0) is 21.0. The van der Waals surface area contributed by atoms with Crippen LogP contribution in [0.5, 0.6) is 0 Å². The van der Waals surface area contributed by atoms with Gasteiger partial charge < -0.3 is 0 Å². The second kappa shape index (κ2) is 9.09. The van der Waals surface area contributed by atoms with Gasteiger partial charge in [0.1, 0.15) is 10.9 Å². The molecule has 4 heteroatoms. The summed E-state index contributed by atoms with van der Waals surface area (Å²) in [5.74, 6) is 0.300. The van der Waals surface area contributed by atoms with E-state index in [-0.39, 0.29) is 5.41 Å². The van der Waals surface area contributed by atoms with E-state index in [9.17, 15) is 4.79 Å². The molecule has 0 aliphatic heterocycles. The van der Waals surface area contributed by atoms with Gasteiger partial charge in [0.25, 0.3) is 0 Å². The maximum absolute atomic E-state index is 12.8. The van der Waals surface area contributed by atoms with Gasteiger partial charge in [0.05, 0.1) is 0 Å². The second-order valence-corrected chi connectivity index (χ2v) is 8.84. The van der Waals surface area contributed by atoms with Crippen LogP contribution in [0.2, 0.25) is 5.15 Å². The molecule has 1 saturated carbocycles. The predicted molar refractivity (Wildman–Crippen MR) is 122 cm³/mol. The highest BCUT2D eigenvalue weighted by Crippen LogP contribution is 2.45. The average molecular weight is 419 g/mol. The Labute approximate surface area is 183 Å². The average Bonchev–Trinajstić information content (AvgIpc) is 3.23. The van der Waals surface area contributed by atoms with Gasteiger partial charge in [-0.15, -0.1) is 0 Å². The van der Waals surface area contributed by atoms with Crippen molar-refractivity contribution >= 4 is 17.4 Å². The van der Waals surface area contributed by atoms with Crippen molar-refractivity contribution in [3.63, 3.8) is 0 Å². The minimum absolute atomic E-state index is 0.0747. The normalized spacial score (nSPS) is 15.3. The molecule has 154 valence electrons. The fourth-order valence-electron chi connectivity index (χ4n) is 4.70. The molecule has 0 spiro atoms. The number of carbonyl (C=O) groups excluding carboxylic acids is 1. The lowest BCUT2D eigenvalue weighted by atomic mass is 9.75. The number of Topliss-reactive ketones (excluding diaryl/α,β-unsaturated/α-hetero) is 1. The van der Waals surface area contributed by atoms with E-state index in [0.29, 0.717) is 23.8 Å². The molecule has 3 aromatic rings. The van der Waals surface area contributed by atoms with Crippen LogP contribution >= 0.6 is 11.6 Å². The number of ketones is 1. The Balaban J connectivity index is 1.39. The van der Waals surface area contributed by atoms with Crippen LogP contribution in [-0.2, 0) is 16.6 Å². The Kier molecular flexibility index (Phi) is 6.29. The number of halogens is 1. The van der Waals surface area contributed by atoms with Crippen LogP contribution < -0.4 is 0 Å². The zero-order valence-electron chi connectivity index (χ0n) is 17.4. The third kappa shape index (κ3) is 4.79. The third-order valence-electron chi connectivity index (χ3n) is 6.37. The van der Waals surface area contributed by atoms with E-state index in [1.165, 1.54) is 18.4 Å². The lowest BCUT2D eigenvalue weighted by Crippen LogP contribution is -2.23. The Morgan fingerprint density at radius 2 is 1.70 bits per heavy atom. The van der Waals surface area contributed by atoms with Gasteiger partial charge in [-0.05, 0) is 78.1 Å². The third-order valence-corrected chi connectivity index (χ3v) is 6.57. The molecule has 0 atom stereocenters. The Hall–Kier alpha value is -2.52. The number of nitrogens with zero attached hydrogens (tertiary/aromatic N) is 2. The molecule has 1 aliphatic rings. The number of carbonyl (C=O) groups is 1. The molecule has 1 aliphatic carbocycles. The summed E-state index contributed by atoms with van der Waals surface area (Å²) in [5, 5.41) is 0.537. The van der Waals surface area contributed by atoms with E-state index in [4.69, 9.17) is 11.6 Å². The molecule has 0 bridgehead atoms. The molecule has 2 heterocycles. The highest BCUT2D eigenvalue weighted by Gasteiger charge is 2.35. The van der Waals surface area contributed by atoms with Crippen molar-refractivity contribution < 1.29 is 4.79 Å². The van der Waals surface area contributed by atoms with Gasteiger partial charge >= 0.3 is 0 Å². The van der Waals surface area contributed by atoms with E-state index < -0.39 is 0 Å². The number of pyridine rings is 2. The SMILES string of the molecule is Cc1cc(-c2ccc(CC(=O)CCC3(c4ccnc(Cl)c4)CCCC3)cc2)ccn1. The highest BCUT2D eigenvalue weighted by atomic mass is 35.5. The van der Waals surface area contributed by atoms with Crippen LogP contribution in [-0.4, -0.2) is 15.8 Å². The van der Waals surface area contributed by atoms with Crippen molar-refractivity contribution in [1.29, 1.82) is 0 Å². The standard InChI is InChI=1S/C26H27ClN2O/c1-19-16-22(9-14-28-19)21-6-4-20(5-7-21)17-24(30)8-13-26(11-2-3-12-26)23-10-15-29-25(27)18-23/h4-7,9-10,14-16,18H,2-3,8,11-13,17H2,1H3. The molecule has 4 rings (SSSR count). The number of rotatable bonds is 7. The van der Waals surface area contributed by atoms with Gasteiger partial charge in [-0.25, -0.2) is 4.98 Å². The zero-order valence-corrected chi connectivity index (χ0v) is 18.2. The smallest absolute Gasteiger partial charge is 0.137 e. The molecular formula is C26H27ClN2O. The van der Waals surface area contributed by atoms with Crippen LogP contribution in [0.25, 0.3) is 11.1 Å². The summed E-state index contributed by atoms with van der Waals surface area (Å²) in [5.41, 5.74) is 5.69. The molecule has 1 aromatic carbocycles. The molecule has 0 unspecified atom stereocenters. The summed E-state index contributed by atoms with van der Waals surface area (Å²) < 4.78 is 0. The molecule has 30 heavy (non-hydrogen) atoms. The van der Waals surface area contributed by atoms with Gasteiger partial charge in [0.2, 0.25) is 0 Å². The quantitative estimate of drug-likeness (QED) is 0.411. The van der Waals surface area contributed by atoms with Gasteiger partial charge in [0.15, 0.2) is 0 Å². The minimum atomic E-state index is 0.0747. The number of benzene rings is 1. The van der Waals surface area contributed by atoms with Gasteiger partial charge in [-0.1, -0.05) is 48.7 Å². The predicted octanol–water partition coefficient (Wildman–Crippen LogP) is 6.51. The summed E-state index contributed by atoms with van der Waals surface area (Å²) in [4.78, 5) is 21.1. The molecule has 0 N–H and O–H groups in total. The fraction of sp³-hybridized carbons (Fsp3) is 0.346. The second-order valence-electron chi connectivity index (χ2n) is 8.45. The van der Waals surface area contributed by atoms with E-state index in [1.807, 2.05) is 25.3 Å². The molecule has 3 nitrogen and oxygen atoms in total. The van der Waals surface area contributed by atoms with Crippen LogP contribution in [0, 0.1) is 6.92 Å². The van der Waals surface area contributed by atoms with Crippen molar-refractivity contribution in [1.82, 2.24) is 9.97 Å². The van der Waals surface area contributed by atoms with Crippen molar-refractivity contribution in [2.45, 2.75) is 57.3 Å². The summed E-state index contributed by atoms with van der Waals surface area (Å²) in [6, 6.07) is 16.5. The lowest BCUT2D eigenvalue weighted by Gasteiger charge is -2.29. The largest absolute Gasteiger partial charge is 0.299 e. The first-order chi connectivity index (χ1) is 14.5. The first kappa shape index (κ1) is 20.7. The molecule has 0 amide bonds. The summed E-state index contributed by atoms with van der Waals surface area (Å²) in [6.45, 7) is 1.99. The first-order valence-corrected chi connectivity index (χ1v) is 11.1. The van der Waals surface area contributed by atoms with Crippen LogP contribution in [0.15, 0.2) is 60.9 Å². The summed E-state index contributed by atoms with van der Waals surface area (Å²) in [6.07, 6.45) is 10.3. The van der Waals surface area contributed by atoms with Gasteiger partial charge in [0, 0.05) is 30.9 Å². The summed E-state index contributed by atoms with van der Waals surface area (Å²) in [7, 11) is 0. The van der Waals surface area contributed by atoms with E-state index in [1.54, 1.807) is 6.20 Å². The number of aryl methyl sites for hydroxylation is 1. The van der Waals surface area contributed by atoms with Gasteiger partial charge in [-0.3, -0.25) is 9.78 Å². The Bertz CT molecular complexity index is 1020. The minimum Gasteiger partial charge on any atom is -0.299 e. The Morgan fingerprint density at radius 1 is 0.967 bits per heavy atom.